The summed E-state index contributed by atoms with van der Waals surface area (Å²) < 4.78 is 56.2. The van der Waals surface area contributed by atoms with Gasteiger partial charge in [-0.3, -0.25) is 8.76 Å². The van der Waals surface area contributed by atoms with Gasteiger partial charge in [-0.2, -0.15) is 13.0 Å². The zero-order valence-electron chi connectivity index (χ0n) is 27.7. The summed E-state index contributed by atoms with van der Waals surface area (Å²) in [5, 5.41) is 0.768. The summed E-state index contributed by atoms with van der Waals surface area (Å²) in [7, 11) is -3.98. The fourth-order valence-corrected chi connectivity index (χ4v) is 8.50. The van der Waals surface area contributed by atoms with E-state index in [9.17, 15) is 21.7 Å². The second-order valence-corrected chi connectivity index (χ2v) is 16.6. The predicted molar refractivity (Wildman–Crippen MR) is 192 cm³/mol. The Morgan fingerprint density at radius 2 is 1.64 bits per heavy atom. The average molecular weight is 697 g/mol. The van der Waals surface area contributed by atoms with Crippen molar-refractivity contribution < 1.29 is 26.3 Å². The van der Waals surface area contributed by atoms with Gasteiger partial charge in [0.1, 0.15) is 6.54 Å². The van der Waals surface area contributed by atoms with E-state index in [0.29, 0.717) is 25.8 Å². The molecule has 2 aromatic carbocycles. The molecule has 1 aliphatic carbocycles. The van der Waals surface area contributed by atoms with Gasteiger partial charge in [0.05, 0.1) is 11.2 Å². The topological polar surface area (TPSA) is 101 Å². The van der Waals surface area contributed by atoms with Crippen molar-refractivity contribution in [1.82, 2.24) is 0 Å². The van der Waals surface area contributed by atoms with Gasteiger partial charge in [0, 0.05) is 58.3 Å². The molecule has 47 heavy (non-hydrogen) atoms. The molecule has 0 saturated carbocycles. The number of hydrogen-bond acceptors (Lipinski definition) is 5. The Hall–Kier alpha value is -2.82. The molecule has 1 atom stereocenters. The third-order valence-corrected chi connectivity index (χ3v) is 11.6. The maximum Gasteiger partial charge on any atom is 0.264 e. The van der Waals surface area contributed by atoms with E-state index in [-0.39, 0.29) is 22.3 Å². The van der Waals surface area contributed by atoms with Crippen LogP contribution in [-0.2, 0) is 32.0 Å². The summed E-state index contributed by atoms with van der Waals surface area (Å²) in [6, 6.07) is 16.8. The Bertz CT molecular complexity index is 1820. The maximum absolute atomic E-state index is 11.3. The van der Waals surface area contributed by atoms with E-state index in [0.717, 1.165) is 53.4 Å². The first-order chi connectivity index (χ1) is 22.2. The van der Waals surface area contributed by atoms with Gasteiger partial charge in [-0.25, -0.2) is 0 Å². The molecule has 0 radical (unpaired) electrons. The van der Waals surface area contributed by atoms with Crippen molar-refractivity contribution in [2.75, 3.05) is 29.5 Å². The Labute approximate surface area is 287 Å². The summed E-state index contributed by atoms with van der Waals surface area (Å²) in [5.41, 5.74) is 8.78. The monoisotopic (exact) mass is 696 g/mol. The highest BCUT2D eigenvalue weighted by Crippen LogP contribution is 2.48. The molecule has 0 fully saturated rings. The van der Waals surface area contributed by atoms with Crippen molar-refractivity contribution in [3.63, 3.8) is 0 Å². The summed E-state index contributed by atoms with van der Waals surface area (Å²) in [6.45, 7) is 10.3. The number of para-hydroxylation sites is 2. The molecule has 0 aromatic heterocycles. The van der Waals surface area contributed by atoms with E-state index < -0.39 is 21.2 Å². The SMILES string of the molecule is CC1(C)C(/C=C/C2=C(Cl)C(=C/C=C3\N(CCCCS(=O)(=O)O)c4ccccc4C3(C)C)/CC2)=[N+](CCCCS(=O)[O-])c2ccccc21. The molecule has 0 saturated heterocycles. The second-order valence-electron chi connectivity index (χ2n) is 13.6. The van der Waals surface area contributed by atoms with Crippen LogP contribution in [0.2, 0.25) is 0 Å². The number of fused-ring (bicyclic) bond motifs is 2. The van der Waals surface area contributed by atoms with Crippen molar-refractivity contribution in [3.05, 3.63) is 106 Å². The maximum atomic E-state index is 11.3. The van der Waals surface area contributed by atoms with E-state index in [1.54, 1.807) is 0 Å². The van der Waals surface area contributed by atoms with Crippen LogP contribution in [0.15, 0.2) is 94.7 Å². The van der Waals surface area contributed by atoms with Gasteiger partial charge in [-0.15, -0.1) is 0 Å². The van der Waals surface area contributed by atoms with Gasteiger partial charge >= 0.3 is 0 Å². The lowest BCUT2D eigenvalue weighted by molar-refractivity contribution is -0.438. The fraction of sp³-hybridized carbons (Fsp3) is 0.432. The third kappa shape index (κ3) is 7.75. The van der Waals surface area contributed by atoms with Crippen molar-refractivity contribution in [1.29, 1.82) is 0 Å². The lowest BCUT2D eigenvalue weighted by Crippen LogP contribution is -2.28. The Morgan fingerprint density at radius 1 is 0.936 bits per heavy atom. The molecule has 0 bridgehead atoms. The lowest BCUT2D eigenvalue weighted by Gasteiger charge is -2.27. The summed E-state index contributed by atoms with van der Waals surface area (Å²) in [6.07, 6.45) is 12.7. The van der Waals surface area contributed by atoms with E-state index in [1.807, 2.05) is 18.2 Å². The first-order valence-corrected chi connectivity index (χ1v) is 19.6. The highest BCUT2D eigenvalue weighted by molar-refractivity contribution is 7.85. The van der Waals surface area contributed by atoms with E-state index in [4.69, 9.17) is 11.6 Å². The van der Waals surface area contributed by atoms with Crippen LogP contribution < -0.4 is 4.90 Å². The van der Waals surface area contributed by atoms with Gasteiger partial charge in [0.2, 0.25) is 5.69 Å². The largest absolute Gasteiger partial charge is 0.772 e. The van der Waals surface area contributed by atoms with Gasteiger partial charge in [-0.05, 0) is 74.8 Å². The van der Waals surface area contributed by atoms with Crippen LogP contribution in [-0.4, -0.2) is 56.6 Å². The smallest absolute Gasteiger partial charge is 0.264 e. The summed E-state index contributed by atoms with van der Waals surface area (Å²) in [4.78, 5) is 2.27. The van der Waals surface area contributed by atoms with Crippen LogP contribution in [0.4, 0.5) is 11.4 Å². The van der Waals surface area contributed by atoms with Gasteiger partial charge in [0.25, 0.3) is 10.1 Å². The molecule has 3 aliphatic rings. The lowest BCUT2D eigenvalue weighted by atomic mass is 9.81. The standard InChI is InChI=1S/C37H45ClN2O5S2/c1-36(2)29-13-5-7-15-31(29)39(23-9-11-25-46(41)42)33(36)21-19-27-17-18-28(35(27)38)20-22-34-37(3,4)30-14-6-8-16-32(30)40(34)24-10-12-26-47(43,44)45/h5-8,13-16,19-22H,9-12,17-18,23-26H2,1-4H3,(H-,41,42,43,44,45). The minimum Gasteiger partial charge on any atom is -0.772 e. The van der Waals surface area contributed by atoms with Crippen LogP contribution in [0.25, 0.3) is 0 Å². The van der Waals surface area contributed by atoms with Crippen molar-refractivity contribution >= 4 is 49.9 Å². The zero-order valence-corrected chi connectivity index (χ0v) is 30.1. The van der Waals surface area contributed by atoms with Crippen molar-refractivity contribution in [2.24, 2.45) is 0 Å². The number of rotatable bonds is 13. The normalized spacial score (nSPS) is 21.0. The molecular weight excluding hydrogens is 652 g/mol. The highest BCUT2D eigenvalue weighted by Gasteiger charge is 2.44. The zero-order chi connectivity index (χ0) is 34.0. The number of nitrogens with zero attached hydrogens (tertiary/aromatic N) is 2. The number of allylic oxidation sites excluding steroid dienone is 8. The number of benzene rings is 2. The Kier molecular flexibility index (Phi) is 10.8. The van der Waals surface area contributed by atoms with E-state index in [2.05, 4.69) is 91.8 Å². The van der Waals surface area contributed by atoms with Crippen LogP contribution in [0.1, 0.15) is 77.3 Å². The molecule has 7 nitrogen and oxygen atoms in total. The van der Waals surface area contributed by atoms with Crippen LogP contribution in [0.5, 0.6) is 0 Å². The predicted octanol–water partition coefficient (Wildman–Crippen LogP) is 7.84. The van der Waals surface area contributed by atoms with Crippen LogP contribution >= 0.6 is 11.6 Å². The van der Waals surface area contributed by atoms with Gasteiger partial charge in [-0.1, -0.05) is 85.1 Å². The molecule has 1 unspecified atom stereocenters. The molecule has 0 spiro atoms. The molecular formula is C37H45ClN2O5S2. The minimum absolute atomic E-state index is 0.174. The Morgan fingerprint density at radius 3 is 2.36 bits per heavy atom. The average Bonchev–Trinajstić information content (AvgIpc) is 3.55. The molecule has 10 heteroatoms. The van der Waals surface area contributed by atoms with Crippen molar-refractivity contribution in [2.45, 2.75) is 77.0 Å². The minimum atomic E-state index is -3.98. The van der Waals surface area contributed by atoms with Crippen molar-refractivity contribution in [3.8, 4) is 0 Å². The number of halogens is 1. The summed E-state index contributed by atoms with van der Waals surface area (Å²) >= 11 is 5.02. The molecule has 2 aromatic rings. The first-order valence-electron chi connectivity index (χ1n) is 16.3. The molecule has 252 valence electrons. The number of anilines is 1. The summed E-state index contributed by atoms with van der Waals surface area (Å²) in [5.74, 6) is -0.0672. The first kappa shape index (κ1) is 35.5. The second kappa shape index (κ2) is 14.3. The fourth-order valence-electron chi connectivity index (χ4n) is 7.18. The molecule has 0 amide bonds. The molecule has 5 rings (SSSR count). The molecule has 2 heterocycles. The van der Waals surface area contributed by atoms with E-state index >= 15 is 0 Å². The van der Waals surface area contributed by atoms with E-state index in [1.165, 1.54) is 22.5 Å². The van der Waals surface area contributed by atoms with Gasteiger partial charge in [0.15, 0.2) is 5.71 Å². The number of unbranched alkanes of at least 4 members (excludes halogenated alkanes) is 2. The molecule has 2 aliphatic heterocycles. The molecule has 1 N–H and O–H groups in total. The number of hydrogen-bond donors (Lipinski definition) is 1. The highest BCUT2D eigenvalue weighted by atomic mass is 35.5. The van der Waals surface area contributed by atoms with Gasteiger partial charge < -0.3 is 9.45 Å². The van der Waals surface area contributed by atoms with Crippen LogP contribution in [0.3, 0.4) is 0 Å². The quantitative estimate of drug-likeness (QED) is 0.0992. The Balaban J connectivity index is 1.41. The third-order valence-electron chi connectivity index (χ3n) is 9.69. The van der Waals surface area contributed by atoms with Crippen LogP contribution in [0, 0.1) is 0 Å².